The van der Waals surface area contributed by atoms with Crippen molar-refractivity contribution in [1.82, 2.24) is 15.1 Å². The minimum atomic E-state index is 0.400. The Kier molecular flexibility index (Phi) is 5.58. The highest BCUT2D eigenvalue weighted by Crippen LogP contribution is 2.23. The second-order valence-corrected chi connectivity index (χ2v) is 5.89. The molecule has 3 nitrogen and oxygen atoms in total. The van der Waals surface area contributed by atoms with E-state index in [9.17, 15) is 0 Å². The summed E-state index contributed by atoms with van der Waals surface area (Å²) in [5.41, 5.74) is 1.38. The smallest absolute Gasteiger partial charge is 0.0473 e. The van der Waals surface area contributed by atoms with Crippen molar-refractivity contribution >= 4 is 0 Å². The molecule has 1 aromatic rings. The molecule has 0 saturated carbocycles. The Morgan fingerprint density at radius 2 is 1.95 bits per heavy atom. The van der Waals surface area contributed by atoms with Gasteiger partial charge in [-0.1, -0.05) is 37.3 Å². The largest absolute Gasteiger partial charge is 0.312 e. The van der Waals surface area contributed by atoms with Gasteiger partial charge in [0.05, 0.1) is 0 Å². The van der Waals surface area contributed by atoms with E-state index in [-0.39, 0.29) is 0 Å². The number of likely N-dealkylation sites (N-methyl/N-ethyl adjacent to an activating group) is 2. The van der Waals surface area contributed by atoms with E-state index < -0.39 is 0 Å². The molecule has 1 aliphatic rings. The molecule has 20 heavy (non-hydrogen) atoms. The molecule has 0 aliphatic carbocycles. The predicted molar refractivity (Wildman–Crippen MR) is 86.0 cm³/mol. The van der Waals surface area contributed by atoms with Gasteiger partial charge in [0.15, 0.2) is 0 Å². The molecule has 0 bridgehead atoms. The summed E-state index contributed by atoms with van der Waals surface area (Å²) in [6, 6.07) is 12.4. The lowest BCUT2D eigenvalue weighted by Gasteiger charge is -2.44. The zero-order chi connectivity index (χ0) is 14.5. The van der Waals surface area contributed by atoms with Gasteiger partial charge in [0, 0.05) is 37.8 Å². The standard InChI is InChI=1S/C17H29N3/c1-5-19-11-12-20(13-14(19)2)15(3)17(18-4)16-9-7-6-8-10-16/h6-10,14-15,17-18H,5,11-13H2,1-4H3. The van der Waals surface area contributed by atoms with E-state index in [2.05, 4.69) is 73.3 Å². The van der Waals surface area contributed by atoms with E-state index in [0.717, 1.165) is 6.54 Å². The van der Waals surface area contributed by atoms with Gasteiger partial charge in [-0.05, 0) is 33.0 Å². The maximum Gasteiger partial charge on any atom is 0.0473 e. The fraction of sp³-hybridized carbons (Fsp3) is 0.647. The lowest BCUT2D eigenvalue weighted by Crippen LogP contribution is -2.56. The lowest BCUT2D eigenvalue weighted by atomic mass is 9.98. The first-order valence-corrected chi connectivity index (χ1v) is 7.87. The van der Waals surface area contributed by atoms with Gasteiger partial charge in [-0.2, -0.15) is 0 Å². The van der Waals surface area contributed by atoms with Crippen molar-refractivity contribution in [2.45, 2.75) is 38.9 Å². The molecule has 1 fully saturated rings. The first-order valence-electron chi connectivity index (χ1n) is 7.87. The first kappa shape index (κ1) is 15.5. The summed E-state index contributed by atoms with van der Waals surface area (Å²) in [7, 11) is 2.07. The minimum Gasteiger partial charge on any atom is -0.312 e. The van der Waals surface area contributed by atoms with Crippen LogP contribution in [0.3, 0.4) is 0 Å². The SMILES string of the molecule is CCN1CCN(C(C)C(NC)c2ccccc2)CC1C. The average molecular weight is 275 g/mol. The van der Waals surface area contributed by atoms with Gasteiger partial charge in [0.1, 0.15) is 0 Å². The van der Waals surface area contributed by atoms with Crippen LogP contribution in [0, 0.1) is 0 Å². The normalized spacial score (nSPS) is 24.5. The van der Waals surface area contributed by atoms with E-state index in [0.29, 0.717) is 18.1 Å². The molecule has 2 rings (SSSR count). The van der Waals surface area contributed by atoms with Crippen molar-refractivity contribution in [1.29, 1.82) is 0 Å². The van der Waals surface area contributed by atoms with Crippen molar-refractivity contribution < 1.29 is 0 Å². The number of nitrogens with one attached hydrogen (secondary N) is 1. The lowest BCUT2D eigenvalue weighted by molar-refractivity contribution is 0.0523. The monoisotopic (exact) mass is 275 g/mol. The van der Waals surface area contributed by atoms with Crippen LogP contribution in [-0.4, -0.2) is 55.1 Å². The Morgan fingerprint density at radius 3 is 2.50 bits per heavy atom. The van der Waals surface area contributed by atoms with Gasteiger partial charge < -0.3 is 5.32 Å². The Hall–Kier alpha value is -0.900. The van der Waals surface area contributed by atoms with Crippen LogP contribution in [0.25, 0.3) is 0 Å². The summed E-state index contributed by atoms with van der Waals surface area (Å²) >= 11 is 0. The second-order valence-electron chi connectivity index (χ2n) is 5.89. The number of nitrogens with zero attached hydrogens (tertiary/aromatic N) is 2. The molecule has 1 aromatic carbocycles. The zero-order valence-electron chi connectivity index (χ0n) is 13.3. The van der Waals surface area contributed by atoms with Crippen LogP contribution >= 0.6 is 0 Å². The third-order valence-corrected chi connectivity index (χ3v) is 4.73. The number of hydrogen-bond donors (Lipinski definition) is 1. The average Bonchev–Trinajstić information content (AvgIpc) is 2.49. The van der Waals surface area contributed by atoms with Crippen LogP contribution in [-0.2, 0) is 0 Å². The minimum absolute atomic E-state index is 0.400. The summed E-state index contributed by atoms with van der Waals surface area (Å²) < 4.78 is 0. The molecule has 1 aliphatic heterocycles. The van der Waals surface area contributed by atoms with Crippen LogP contribution in [0.5, 0.6) is 0 Å². The van der Waals surface area contributed by atoms with Crippen LogP contribution in [0.1, 0.15) is 32.4 Å². The summed E-state index contributed by atoms with van der Waals surface area (Å²) in [6.07, 6.45) is 0. The Labute approximate surface area is 124 Å². The van der Waals surface area contributed by atoms with E-state index in [1.165, 1.54) is 25.2 Å². The molecule has 1 saturated heterocycles. The fourth-order valence-electron chi connectivity index (χ4n) is 3.42. The van der Waals surface area contributed by atoms with Crippen molar-refractivity contribution in [2.24, 2.45) is 0 Å². The molecule has 0 aromatic heterocycles. The molecule has 1 heterocycles. The third-order valence-electron chi connectivity index (χ3n) is 4.73. The predicted octanol–water partition coefficient (Wildman–Crippen LogP) is 2.36. The van der Waals surface area contributed by atoms with Gasteiger partial charge in [0.2, 0.25) is 0 Å². The zero-order valence-corrected chi connectivity index (χ0v) is 13.3. The van der Waals surface area contributed by atoms with Crippen LogP contribution in [0.2, 0.25) is 0 Å². The molecule has 3 atom stereocenters. The van der Waals surface area contributed by atoms with Gasteiger partial charge in [-0.15, -0.1) is 0 Å². The molecule has 112 valence electrons. The highest BCUT2D eigenvalue weighted by atomic mass is 15.3. The van der Waals surface area contributed by atoms with Gasteiger partial charge in [0.25, 0.3) is 0 Å². The molecule has 0 radical (unpaired) electrons. The van der Waals surface area contributed by atoms with Crippen molar-refractivity contribution in [3.8, 4) is 0 Å². The summed E-state index contributed by atoms with van der Waals surface area (Å²) in [5.74, 6) is 0. The van der Waals surface area contributed by atoms with Gasteiger partial charge >= 0.3 is 0 Å². The third kappa shape index (κ3) is 3.40. The van der Waals surface area contributed by atoms with Crippen LogP contribution in [0.15, 0.2) is 30.3 Å². The number of benzene rings is 1. The van der Waals surface area contributed by atoms with E-state index >= 15 is 0 Å². The Balaban J connectivity index is 2.04. The van der Waals surface area contributed by atoms with Crippen molar-refractivity contribution in [3.63, 3.8) is 0 Å². The van der Waals surface area contributed by atoms with Gasteiger partial charge in [-0.3, -0.25) is 9.80 Å². The molecular formula is C17H29N3. The summed E-state index contributed by atoms with van der Waals surface area (Å²) in [5, 5.41) is 3.50. The Bertz CT molecular complexity index is 392. The maximum absolute atomic E-state index is 3.50. The highest BCUT2D eigenvalue weighted by molar-refractivity contribution is 5.20. The molecular weight excluding hydrogens is 246 g/mol. The van der Waals surface area contributed by atoms with E-state index in [1.807, 2.05) is 0 Å². The van der Waals surface area contributed by atoms with Crippen molar-refractivity contribution in [3.05, 3.63) is 35.9 Å². The highest BCUT2D eigenvalue weighted by Gasteiger charge is 2.29. The van der Waals surface area contributed by atoms with Crippen LogP contribution < -0.4 is 5.32 Å². The number of hydrogen-bond acceptors (Lipinski definition) is 3. The first-order chi connectivity index (χ1) is 9.67. The number of piperazine rings is 1. The van der Waals surface area contributed by atoms with Crippen molar-refractivity contribution in [2.75, 3.05) is 33.2 Å². The number of rotatable bonds is 5. The molecule has 1 N–H and O–H groups in total. The fourth-order valence-corrected chi connectivity index (χ4v) is 3.42. The topological polar surface area (TPSA) is 18.5 Å². The molecule has 3 heteroatoms. The molecule has 0 spiro atoms. The van der Waals surface area contributed by atoms with Crippen LogP contribution in [0.4, 0.5) is 0 Å². The Morgan fingerprint density at radius 1 is 1.25 bits per heavy atom. The van der Waals surface area contributed by atoms with Gasteiger partial charge in [-0.25, -0.2) is 0 Å². The van der Waals surface area contributed by atoms with E-state index in [4.69, 9.17) is 0 Å². The van der Waals surface area contributed by atoms with E-state index in [1.54, 1.807) is 0 Å². The molecule has 3 unspecified atom stereocenters. The molecule has 0 amide bonds. The summed E-state index contributed by atoms with van der Waals surface area (Å²) in [6.45, 7) is 11.6. The quantitative estimate of drug-likeness (QED) is 0.890. The summed E-state index contributed by atoms with van der Waals surface area (Å²) in [4.78, 5) is 5.20. The maximum atomic E-state index is 3.50. The second kappa shape index (κ2) is 7.21.